The molecule has 5 nitrogen and oxygen atoms in total. The van der Waals surface area contributed by atoms with Crippen LogP contribution in [-0.4, -0.2) is 43.8 Å². The molecule has 7 heteroatoms. The molecule has 1 rings (SSSR count). The first-order valence-corrected chi connectivity index (χ1v) is 5.99. The van der Waals surface area contributed by atoms with Crippen LogP contribution in [-0.2, 0) is 4.79 Å². The Balaban J connectivity index is 2.24. The van der Waals surface area contributed by atoms with Crippen LogP contribution in [0.15, 0.2) is 24.3 Å². The van der Waals surface area contributed by atoms with E-state index in [-0.39, 0.29) is 13.0 Å². The molecule has 0 radical (unpaired) electrons. The number of carbonyl (C=O) groups excluding carboxylic acids is 1. The van der Waals surface area contributed by atoms with Crippen molar-refractivity contribution in [1.29, 1.82) is 0 Å². The fourth-order valence-corrected chi connectivity index (χ4v) is 1.31. The van der Waals surface area contributed by atoms with Gasteiger partial charge < -0.3 is 19.9 Å². The van der Waals surface area contributed by atoms with E-state index in [1.54, 1.807) is 31.4 Å². The Morgan fingerprint density at radius 1 is 1.30 bits per heavy atom. The molecule has 1 aromatic rings. The van der Waals surface area contributed by atoms with Crippen molar-refractivity contribution in [2.75, 3.05) is 26.9 Å². The lowest BCUT2D eigenvalue weighted by Gasteiger charge is -2.14. The van der Waals surface area contributed by atoms with Gasteiger partial charge in [-0.05, 0) is 24.3 Å². The predicted octanol–water partition coefficient (Wildman–Crippen LogP) is 1.21. The Labute approximate surface area is 115 Å². The largest absolute Gasteiger partial charge is 0.497 e. The summed E-state index contributed by atoms with van der Waals surface area (Å²) in [6.45, 7) is -2.11. The molecule has 0 atom stereocenters. The van der Waals surface area contributed by atoms with Crippen LogP contribution in [0.5, 0.6) is 11.5 Å². The lowest BCUT2D eigenvalue weighted by Crippen LogP contribution is -2.39. The van der Waals surface area contributed by atoms with Crippen LogP contribution in [0.4, 0.5) is 8.78 Å². The van der Waals surface area contributed by atoms with Gasteiger partial charge in [-0.3, -0.25) is 4.79 Å². The number of nitrogens with one attached hydrogen (secondary N) is 1. The second kappa shape index (κ2) is 7.64. The van der Waals surface area contributed by atoms with Crippen LogP contribution < -0.4 is 14.8 Å². The van der Waals surface area contributed by atoms with Crippen molar-refractivity contribution >= 4 is 5.91 Å². The summed E-state index contributed by atoms with van der Waals surface area (Å²) in [4.78, 5) is 11.3. The number of aliphatic hydroxyl groups excluding tert-OH is 1. The summed E-state index contributed by atoms with van der Waals surface area (Å²) in [6.07, 6.45) is -0.0481. The summed E-state index contributed by atoms with van der Waals surface area (Å²) < 4.78 is 35.6. The van der Waals surface area contributed by atoms with Crippen LogP contribution in [0.25, 0.3) is 0 Å². The minimum absolute atomic E-state index is 0.0481. The molecule has 0 spiro atoms. The van der Waals surface area contributed by atoms with Gasteiger partial charge in [0.2, 0.25) is 5.91 Å². The van der Waals surface area contributed by atoms with E-state index in [2.05, 4.69) is 0 Å². The molecule has 0 heterocycles. The van der Waals surface area contributed by atoms with Gasteiger partial charge in [-0.1, -0.05) is 0 Å². The molecule has 112 valence electrons. The number of benzene rings is 1. The van der Waals surface area contributed by atoms with Crippen molar-refractivity contribution in [3.8, 4) is 11.5 Å². The summed E-state index contributed by atoms with van der Waals surface area (Å²) in [5.74, 6) is -2.63. The van der Waals surface area contributed by atoms with E-state index in [9.17, 15) is 13.6 Å². The number of alkyl halides is 2. The third-order valence-corrected chi connectivity index (χ3v) is 2.43. The van der Waals surface area contributed by atoms with E-state index < -0.39 is 25.0 Å². The van der Waals surface area contributed by atoms with Gasteiger partial charge in [-0.25, -0.2) is 8.78 Å². The second-order valence-electron chi connectivity index (χ2n) is 4.06. The van der Waals surface area contributed by atoms with Crippen LogP contribution in [0, 0.1) is 0 Å². The smallest absolute Gasteiger partial charge is 0.287 e. The van der Waals surface area contributed by atoms with E-state index in [0.29, 0.717) is 11.5 Å². The number of methoxy groups -OCH3 is 1. The highest BCUT2D eigenvalue weighted by Gasteiger charge is 2.27. The van der Waals surface area contributed by atoms with E-state index in [4.69, 9.17) is 14.6 Å². The van der Waals surface area contributed by atoms with Crippen LogP contribution >= 0.6 is 0 Å². The third kappa shape index (κ3) is 5.83. The number of carbonyl (C=O) groups is 1. The average Bonchev–Trinajstić information content (AvgIpc) is 2.46. The molecule has 1 aromatic carbocycles. The molecular formula is C13H17F2NO4. The molecule has 0 aliphatic carbocycles. The van der Waals surface area contributed by atoms with Gasteiger partial charge in [0.15, 0.2) is 0 Å². The van der Waals surface area contributed by atoms with Gasteiger partial charge in [0.25, 0.3) is 5.92 Å². The Kier molecular flexibility index (Phi) is 6.17. The fourth-order valence-electron chi connectivity index (χ4n) is 1.31. The average molecular weight is 289 g/mol. The minimum atomic E-state index is -3.30. The van der Waals surface area contributed by atoms with Crippen molar-refractivity contribution < 1.29 is 28.2 Å². The highest BCUT2D eigenvalue weighted by Crippen LogP contribution is 2.17. The van der Waals surface area contributed by atoms with E-state index in [1.165, 1.54) is 0 Å². The quantitative estimate of drug-likeness (QED) is 0.755. The Bertz CT molecular complexity index is 423. The predicted molar refractivity (Wildman–Crippen MR) is 68.1 cm³/mol. The summed E-state index contributed by atoms with van der Waals surface area (Å²) in [5.41, 5.74) is 0. The molecule has 0 saturated heterocycles. The number of halogens is 2. The number of rotatable bonds is 8. The SMILES string of the molecule is COc1ccc(OCCC(=O)NCC(F)(F)CO)cc1. The molecule has 0 saturated carbocycles. The van der Waals surface area contributed by atoms with Crippen LogP contribution in [0.2, 0.25) is 0 Å². The van der Waals surface area contributed by atoms with Gasteiger partial charge in [0.05, 0.1) is 26.7 Å². The van der Waals surface area contributed by atoms with Gasteiger partial charge in [-0.2, -0.15) is 0 Å². The molecule has 2 N–H and O–H groups in total. The van der Waals surface area contributed by atoms with Gasteiger partial charge in [0, 0.05) is 0 Å². The Morgan fingerprint density at radius 2 is 1.90 bits per heavy atom. The van der Waals surface area contributed by atoms with Gasteiger partial charge >= 0.3 is 0 Å². The summed E-state index contributed by atoms with van der Waals surface area (Å²) in [6, 6.07) is 6.77. The van der Waals surface area contributed by atoms with Gasteiger partial charge in [-0.15, -0.1) is 0 Å². The first-order chi connectivity index (χ1) is 9.46. The number of hydrogen-bond donors (Lipinski definition) is 2. The molecular weight excluding hydrogens is 272 g/mol. The number of aliphatic hydroxyl groups is 1. The number of ether oxygens (including phenoxy) is 2. The van der Waals surface area contributed by atoms with E-state index in [1.807, 2.05) is 5.32 Å². The van der Waals surface area contributed by atoms with Crippen molar-refractivity contribution in [3.05, 3.63) is 24.3 Å². The standard InChI is InChI=1S/C13H17F2NO4/c1-19-10-2-4-11(5-3-10)20-7-6-12(18)16-8-13(14,15)9-17/h2-5,17H,6-9H2,1H3,(H,16,18). The monoisotopic (exact) mass is 289 g/mol. The first kappa shape index (κ1) is 16.2. The first-order valence-electron chi connectivity index (χ1n) is 5.99. The Hall–Kier alpha value is -1.89. The molecule has 0 aliphatic heterocycles. The highest BCUT2D eigenvalue weighted by molar-refractivity contribution is 5.76. The molecule has 0 fully saturated rings. The van der Waals surface area contributed by atoms with Crippen LogP contribution in [0.1, 0.15) is 6.42 Å². The molecule has 0 unspecified atom stereocenters. The van der Waals surface area contributed by atoms with Crippen molar-refractivity contribution in [2.45, 2.75) is 12.3 Å². The summed E-state index contributed by atoms with van der Waals surface area (Å²) in [5, 5.41) is 10.4. The number of hydrogen-bond acceptors (Lipinski definition) is 4. The maximum Gasteiger partial charge on any atom is 0.287 e. The second-order valence-corrected chi connectivity index (χ2v) is 4.06. The summed E-state index contributed by atoms with van der Waals surface area (Å²) in [7, 11) is 1.54. The normalized spacial score (nSPS) is 11.0. The zero-order valence-corrected chi connectivity index (χ0v) is 11.1. The maximum absolute atomic E-state index is 12.7. The third-order valence-electron chi connectivity index (χ3n) is 2.43. The maximum atomic E-state index is 12.7. The number of amides is 1. The van der Waals surface area contributed by atoms with Crippen molar-refractivity contribution in [1.82, 2.24) is 5.32 Å². The van der Waals surface area contributed by atoms with Crippen LogP contribution in [0.3, 0.4) is 0 Å². The zero-order chi connectivity index (χ0) is 15.0. The lowest BCUT2D eigenvalue weighted by molar-refractivity contribution is -0.124. The topological polar surface area (TPSA) is 67.8 Å². The summed E-state index contributed by atoms with van der Waals surface area (Å²) >= 11 is 0. The zero-order valence-electron chi connectivity index (χ0n) is 11.1. The lowest BCUT2D eigenvalue weighted by atomic mass is 10.3. The van der Waals surface area contributed by atoms with E-state index >= 15 is 0 Å². The molecule has 0 aromatic heterocycles. The molecule has 20 heavy (non-hydrogen) atoms. The molecule has 1 amide bonds. The fraction of sp³-hybridized carbons (Fsp3) is 0.462. The highest BCUT2D eigenvalue weighted by atomic mass is 19.3. The Morgan fingerprint density at radius 3 is 2.45 bits per heavy atom. The van der Waals surface area contributed by atoms with Gasteiger partial charge in [0.1, 0.15) is 18.1 Å². The molecule has 0 bridgehead atoms. The molecule has 0 aliphatic rings. The minimum Gasteiger partial charge on any atom is -0.497 e. The van der Waals surface area contributed by atoms with E-state index in [0.717, 1.165) is 0 Å². The van der Waals surface area contributed by atoms with Crippen molar-refractivity contribution in [3.63, 3.8) is 0 Å². The van der Waals surface area contributed by atoms with Crippen molar-refractivity contribution in [2.24, 2.45) is 0 Å².